The van der Waals surface area contributed by atoms with Gasteiger partial charge in [-0.2, -0.15) is 5.10 Å². The number of aryl methyl sites for hydroxylation is 1. The maximum absolute atomic E-state index is 13.8. The van der Waals surface area contributed by atoms with Gasteiger partial charge in [-0.15, -0.1) is 0 Å². The molecule has 0 radical (unpaired) electrons. The van der Waals surface area contributed by atoms with E-state index in [0.717, 1.165) is 28.6 Å². The molecule has 2 amide bonds. The van der Waals surface area contributed by atoms with E-state index in [2.05, 4.69) is 10.4 Å². The molecule has 5 rings (SSSR count). The van der Waals surface area contributed by atoms with Crippen molar-refractivity contribution in [2.45, 2.75) is 19.5 Å². The summed E-state index contributed by atoms with van der Waals surface area (Å²) in [5.74, 6) is -0.667. The minimum absolute atomic E-state index is 0.0164. The van der Waals surface area contributed by atoms with Crippen molar-refractivity contribution in [1.29, 1.82) is 0 Å². The van der Waals surface area contributed by atoms with E-state index in [9.17, 15) is 18.4 Å². The van der Waals surface area contributed by atoms with Crippen LogP contribution in [-0.2, 0) is 17.9 Å². The fourth-order valence-corrected chi connectivity index (χ4v) is 4.05. The largest absolute Gasteiger partial charge is 0.497 e. The van der Waals surface area contributed by atoms with E-state index in [0.29, 0.717) is 37.0 Å². The van der Waals surface area contributed by atoms with Gasteiger partial charge >= 0.3 is 0 Å². The van der Waals surface area contributed by atoms with Gasteiger partial charge in [0, 0.05) is 29.7 Å². The van der Waals surface area contributed by atoms with Crippen molar-refractivity contribution >= 4 is 23.3 Å². The summed E-state index contributed by atoms with van der Waals surface area (Å²) in [6.07, 6.45) is 0.334. The van der Waals surface area contributed by atoms with Crippen LogP contribution in [0.3, 0.4) is 0 Å². The van der Waals surface area contributed by atoms with Gasteiger partial charge in [0.25, 0.3) is 5.91 Å². The molecule has 1 aliphatic heterocycles. The molecule has 4 aromatic rings. The second-order valence-corrected chi connectivity index (χ2v) is 8.34. The van der Waals surface area contributed by atoms with E-state index < -0.39 is 17.5 Å². The number of aromatic nitrogens is 2. The van der Waals surface area contributed by atoms with Gasteiger partial charge in [0.15, 0.2) is 0 Å². The number of rotatable bonds is 6. The molecule has 182 valence electrons. The summed E-state index contributed by atoms with van der Waals surface area (Å²) in [6, 6.07) is 19.1. The Balaban J connectivity index is 1.32. The highest BCUT2D eigenvalue weighted by Gasteiger charge is 2.26. The minimum Gasteiger partial charge on any atom is -0.497 e. The van der Waals surface area contributed by atoms with E-state index in [4.69, 9.17) is 4.74 Å². The Kier molecular flexibility index (Phi) is 6.20. The quantitative estimate of drug-likeness (QED) is 0.413. The third-order valence-corrected chi connectivity index (χ3v) is 6.00. The van der Waals surface area contributed by atoms with Gasteiger partial charge in [0.05, 0.1) is 31.6 Å². The number of carbonyl (C=O) groups excluding carboxylic acids is 2. The van der Waals surface area contributed by atoms with Crippen LogP contribution in [0.4, 0.5) is 20.3 Å². The second-order valence-electron chi connectivity index (χ2n) is 8.34. The Morgan fingerprint density at radius 1 is 1.03 bits per heavy atom. The van der Waals surface area contributed by atoms with Crippen LogP contribution in [0.1, 0.15) is 22.3 Å². The molecule has 0 atom stereocenters. The number of hydrogen-bond acceptors (Lipinski definition) is 4. The summed E-state index contributed by atoms with van der Waals surface area (Å²) in [5.41, 5.74) is 2.68. The number of methoxy groups -OCH3 is 1. The smallest absolute Gasteiger partial charge is 0.255 e. The van der Waals surface area contributed by atoms with Gasteiger partial charge in [-0.3, -0.25) is 14.5 Å². The Morgan fingerprint density at radius 2 is 1.78 bits per heavy atom. The van der Waals surface area contributed by atoms with Crippen molar-refractivity contribution in [3.05, 3.63) is 95.6 Å². The molecule has 0 saturated carbocycles. The first-order chi connectivity index (χ1) is 17.4. The zero-order chi connectivity index (χ0) is 25.2. The van der Waals surface area contributed by atoms with Crippen LogP contribution < -0.4 is 15.0 Å². The van der Waals surface area contributed by atoms with Gasteiger partial charge in [-0.25, -0.2) is 13.5 Å². The first-order valence-corrected chi connectivity index (χ1v) is 11.3. The number of nitrogens with one attached hydrogen (secondary N) is 1. The summed E-state index contributed by atoms with van der Waals surface area (Å²) in [6.45, 7) is 0.806. The molecule has 0 fully saturated rings. The molecule has 0 bridgehead atoms. The highest BCUT2D eigenvalue weighted by Crippen LogP contribution is 2.30. The zero-order valence-electron chi connectivity index (χ0n) is 19.4. The van der Waals surface area contributed by atoms with Gasteiger partial charge < -0.3 is 10.1 Å². The predicted molar refractivity (Wildman–Crippen MR) is 131 cm³/mol. The molecule has 1 aromatic heterocycles. The molecule has 0 unspecified atom stereocenters. The first kappa shape index (κ1) is 23.2. The Hall–Kier alpha value is -4.53. The lowest BCUT2D eigenvalue weighted by molar-refractivity contribution is -0.119. The van der Waals surface area contributed by atoms with E-state index in [-0.39, 0.29) is 11.6 Å². The van der Waals surface area contributed by atoms with E-state index >= 15 is 0 Å². The number of anilines is 2. The number of amides is 2. The maximum Gasteiger partial charge on any atom is 0.255 e. The number of fused-ring (bicyclic) bond motifs is 1. The van der Waals surface area contributed by atoms with Crippen molar-refractivity contribution in [2.75, 3.05) is 17.3 Å². The molecule has 2 heterocycles. The standard InChI is InChI=1S/C27H22F2N4O3/c1-36-21-9-6-18(7-10-21)24-15-25-32(26(34)12-13-33(25)31-24)16-17-2-4-19(5-3-17)27(35)30-23-11-8-20(28)14-22(23)29/h2-11,14-15H,12-13,16H2,1H3,(H,30,35). The Bertz CT molecular complexity index is 1430. The topological polar surface area (TPSA) is 76.5 Å². The minimum atomic E-state index is -0.853. The number of nitrogens with zero attached hydrogens (tertiary/aromatic N) is 3. The van der Waals surface area contributed by atoms with Gasteiger partial charge in [-0.1, -0.05) is 12.1 Å². The average molecular weight is 488 g/mol. The fourth-order valence-electron chi connectivity index (χ4n) is 4.05. The van der Waals surface area contributed by atoms with Crippen LogP contribution in [0.15, 0.2) is 72.8 Å². The summed E-state index contributed by atoms with van der Waals surface area (Å²) < 4.78 is 34.0. The van der Waals surface area contributed by atoms with Gasteiger partial charge in [-0.05, 0) is 54.1 Å². The number of ether oxygens (including phenoxy) is 1. The van der Waals surface area contributed by atoms with Gasteiger partial charge in [0.1, 0.15) is 23.2 Å². The second kappa shape index (κ2) is 9.61. The molecule has 0 spiro atoms. The summed E-state index contributed by atoms with van der Waals surface area (Å²) in [7, 11) is 1.61. The fraction of sp³-hybridized carbons (Fsp3) is 0.148. The molecule has 1 N–H and O–H groups in total. The highest BCUT2D eigenvalue weighted by atomic mass is 19.1. The zero-order valence-corrected chi connectivity index (χ0v) is 19.4. The van der Waals surface area contributed by atoms with Crippen LogP contribution in [0.5, 0.6) is 5.75 Å². The van der Waals surface area contributed by atoms with Crippen LogP contribution in [0.2, 0.25) is 0 Å². The van der Waals surface area contributed by atoms with Crippen LogP contribution in [0, 0.1) is 11.6 Å². The van der Waals surface area contributed by atoms with Crippen molar-refractivity contribution in [3.8, 4) is 17.0 Å². The van der Waals surface area contributed by atoms with E-state index in [1.807, 2.05) is 35.0 Å². The van der Waals surface area contributed by atoms with Crippen molar-refractivity contribution < 1.29 is 23.1 Å². The molecular weight excluding hydrogens is 466 g/mol. The number of hydrogen-bond donors (Lipinski definition) is 1. The lowest BCUT2D eigenvalue weighted by Gasteiger charge is -2.27. The first-order valence-electron chi connectivity index (χ1n) is 11.3. The summed E-state index contributed by atoms with van der Waals surface area (Å²) in [5, 5.41) is 7.10. The molecule has 0 saturated heterocycles. The number of halogens is 2. The van der Waals surface area contributed by atoms with Crippen LogP contribution in [0.25, 0.3) is 11.3 Å². The SMILES string of the molecule is COc1ccc(-c2cc3n(n2)CCC(=O)N3Cc2ccc(C(=O)Nc3ccc(F)cc3F)cc2)cc1. The molecular formula is C27H22F2N4O3. The molecule has 3 aromatic carbocycles. The summed E-state index contributed by atoms with van der Waals surface area (Å²) in [4.78, 5) is 26.9. The predicted octanol–water partition coefficient (Wildman–Crippen LogP) is 5.03. The maximum atomic E-state index is 13.8. The Labute approximate surface area is 205 Å². The molecule has 0 aliphatic carbocycles. The lowest BCUT2D eigenvalue weighted by atomic mass is 10.1. The van der Waals surface area contributed by atoms with Gasteiger partial charge in [0.2, 0.25) is 5.91 Å². The van der Waals surface area contributed by atoms with Crippen molar-refractivity contribution in [3.63, 3.8) is 0 Å². The molecule has 9 heteroatoms. The summed E-state index contributed by atoms with van der Waals surface area (Å²) >= 11 is 0. The number of benzene rings is 3. The van der Waals surface area contributed by atoms with E-state index in [1.165, 1.54) is 6.07 Å². The average Bonchev–Trinajstić information content (AvgIpc) is 3.32. The third-order valence-electron chi connectivity index (χ3n) is 6.00. The van der Waals surface area contributed by atoms with E-state index in [1.54, 1.807) is 36.3 Å². The monoisotopic (exact) mass is 488 g/mol. The molecule has 36 heavy (non-hydrogen) atoms. The molecule has 7 nitrogen and oxygen atoms in total. The van der Waals surface area contributed by atoms with Crippen molar-refractivity contribution in [1.82, 2.24) is 9.78 Å². The van der Waals surface area contributed by atoms with Crippen molar-refractivity contribution in [2.24, 2.45) is 0 Å². The van der Waals surface area contributed by atoms with Crippen LogP contribution >= 0.6 is 0 Å². The Morgan fingerprint density at radius 3 is 2.47 bits per heavy atom. The normalized spacial score (nSPS) is 12.9. The molecule has 1 aliphatic rings. The lowest BCUT2D eigenvalue weighted by Crippen LogP contribution is -2.36. The van der Waals surface area contributed by atoms with Crippen LogP contribution in [-0.4, -0.2) is 28.7 Å². The highest BCUT2D eigenvalue weighted by molar-refractivity contribution is 6.04. The number of carbonyl (C=O) groups is 2. The third kappa shape index (κ3) is 4.68.